The van der Waals surface area contributed by atoms with Crippen LogP contribution in [0.1, 0.15) is 83.0 Å². The Morgan fingerprint density at radius 1 is 1.15 bits per heavy atom. The topological polar surface area (TPSA) is 99.0 Å². The van der Waals surface area contributed by atoms with Crippen LogP contribution in [0.2, 0.25) is 0 Å². The number of pyridine rings is 1. The van der Waals surface area contributed by atoms with Gasteiger partial charge in [0, 0.05) is 18.8 Å². The number of nitriles is 1. The SMILES string of the molecule is CCc1cc(N2C(=S)N(c3cnc(C#N)c(C(F)(F)F)c3)C(=O)C23CCC3)ccc1OCCC1CCN(C(=O)OC(C)(C)C)CC1. The van der Waals surface area contributed by atoms with Crippen LogP contribution < -0.4 is 14.5 Å². The molecule has 2 saturated heterocycles. The van der Waals surface area contributed by atoms with Gasteiger partial charge in [-0.2, -0.15) is 18.4 Å². The predicted octanol–water partition coefficient (Wildman–Crippen LogP) is 7.01. The summed E-state index contributed by atoms with van der Waals surface area (Å²) in [5.41, 5.74) is -2.04. The van der Waals surface area contributed by atoms with Crippen LogP contribution in [-0.2, 0) is 22.1 Å². The summed E-state index contributed by atoms with van der Waals surface area (Å²) in [7, 11) is 0. The van der Waals surface area contributed by atoms with Crippen LogP contribution in [0.4, 0.5) is 29.3 Å². The second-order valence-corrected chi connectivity index (χ2v) is 13.4. The number of likely N-dealkylation sites (tertiary alicyclic amines) is 1. The van der Waals surface area contributed by atoms with Gasteiger partial charge in [0.1, 0.15) is 23.0 Å². The summed E-state index contributed by atoms with van der Waals surface area (Å²) in [5.74, 6) is 0.744. The van der Waals surface area contributed by atoms with Gasteiger partial charge in [0.2, 0.25) is 0 Å². The summed E-state index contributed by atoms with van der Waals surface area (Å²) in [4.78, 5) is 34.5. The van der Waals surface area contributed by atoms with Gasteiger partial charge in [0.15, 0.2) is 10.8 Å². The zero-order chi connectivity index (χ0) is 33.4. The first-order valence-electron chi connectivity index (χ1n) is 15.6. The molecule has 5 rings (SSSR count). The van der Waals surface area contributed by atoms with Crippen molar-refractivity contribution in [3.8, 4) is 11.8 Å². The van der Waals surface area contributed by atoms with Crippen LogP contribution >= 0.6 is 12.2 Å². The maximum absolute atomic E-state index is 13.8. The first-order valence-corrected chi connectivity index (χ1v) is 16.0. The van der Waals surface area contributed by atoms with Crippen molar-refractivity contribution in [3.05, 3.63) is 47.3 Å². The lowest BCUT2D eigenvalue weighted by atomic mass is 9.75. The second-order valence-electron chi connectivity index (χ2n) is 13.0. The van der Waals surface area contributed by atoms with Crippen LogP contribution in [0, 0.1) is 17.2 Å². The van der Waals surface area contributed by atoms with Gasteiger partial charge in [-0.15, -0.1) is 0 Å². The van der Waals surface area contributed by atoms with Crippen molar-refractivity contribution in [1.82, 2.24) is 9.88 Å². The number of aryl methyl sites for hydroxylation is 1. The average molecular weight is 658 g/mol. The number of thiocarbonyl (C=S) groups is 1. The Balaban J connectivity index is 1.28. The third-order valence-corrected chi connectivity index (χ3v) is 9.23. The first-order chi connectivity index (χ1) is 21.7. The maximum Gasteiger partial charge on any atom is 0.419 e. The number of carbonyl (C=O) groups is 2. The van der Waals surface area contributed by atoms with Crippen LogP contribution in [-0.4, -0.2) is 57.8 Å². The number of rotatable bonds is 7. The lowest BCUT2D eigenvalue weighted by molar-refractivity contribution is -0.138. The third-order valence-electron chi connectivity index (χ3n) is 8.87. The van der Waals surface area contributed by atoms with Crippen LogP contribution in [0.15, 0.2) is 30.5 Å². The van der Waals surface area contributed by atoms with Gasteiger partial charge < -0.3 is 19.3 Å². The van der Waals surface area contributed by atoms with Crippen molar-refractivity contribution in [2.75, 3.05) is 29.5 Å². The Labute approximate surface area is 272 Å². The summed E-state index contributed by atoms with van der Waals surface area (Å²) in [5, 5.41) is 9.23. The number of anilines is 2. The number of hydrogen-bond donors (Lipinski definition) is 0. The molecular formula is C33H38F3N5O4S. The predicted molar refractivity (Wildman–Crippen MR) is 170 cm³/mol. The fourth-order valence-electron chi connectivity index (χ4n) is 6.28. The number of halogens is 3. The average Bonchev–Trinajstić information content (AvgIpc) is 3.22. The van der Waals surface area contributed by atoms with E-state index in [1.165, 1.54) is 6.07 Å². The van der Waals surface area contributed by atoms with E-state index in [1.54, 1.807) is 9.80 Å². The summed E-state index contributed by atoms with van der Waals surface area (Å²) >= 11 is 5.75. The molecule has 13 heteroatoms. The number of piperidine rings is 1. The van der Waals surface area contributed by atoms with Crippen molar-refractivity contribution in [3.63, 3.8) is 0 Å². The number of carbonyl (C=O) groups excluding carboxylic acids is 2. The van der Waals surface area contributed by atoms with Gasteiger partial charge in [0.25, 0.3) is 5.91 Å². The number of benzene rings is 1. The molecule has 46 heavy (non-hydrogen) atoms. The van der Waals surface area contributed by atoms with E-state index in [-0.39, 0.29) is 16.9 Å². The number of alkyl halides is 3. The van der Waals surface area contributed by atoms with E-state index in [0.717, 1.165) is 54.2 Å². The fraction of sp³-hybridized carbons (Fsp3) is 0.545. The number of nitrogens with zero attached hydrogens (tertiary/aromatic N) is 5. The Kier molecular flexibility index (Phi) is 9.23. The normalized spacial score (nSPS) is 18.5. The second kappa shape index (κ2) is 12.7. The number of hydrogen-bond acceptors (Lipinski definition) is 7. The number of amides is 2. The molecule has 3 heterocycles. The van der Waals surface area contributed by atoms with E-state index in [1.807, 2.05) is 45.9 Å². The van der Waals surface area contributed by atoms with Gasteiger partial charge in [0.05, 0.1) is 24.1 Å². The quantitative estimate of drug-likeness (QED) is 0.293. The van der Waals surface area contributed by atoms with E-state index < -0.39 is 34.5 Å². The molecule has 1 aromatic heterocycles. The molecule has 1 spiro atoms. The molecule has 0 atom stereocenters. The Morgan fingerprint density at radius 2 is 1.85 bits per heavy atom. The zero-order valence-electron chi connectivity index (χ0n) is 26.4. The van der Waals surface area contributed by atoms with Crippen molar-refractivity contribution in [2.45, 2.75) is 90.0 Å². The molecule has 2 aromatic rings. The lowest BCUT2D eigenvalue weighted by Gasteiger charge is -2.43. The highest BCUT2D eigenvalue weighted by molar-refractivity contribution is 7.81. The van der Waals surface area contributed by atoms with E-state index in [4.69, 9.17) is 27.0 Å². The highest BCUT2D eigenvalue weighted by atomic mass is 32.1. The highest BCUT2D eigenvalue weighted by Gasteiger charge is 2.60. The number of aromatic nitrogens is 1. The minimum atomic E-state index is -4.82. The molecular weight excluding hydrogens is 619 g/mol. The molecule has 2 aliphatic heterocycles. The Bertz CT molecular complexity index is 1560. The molecule has 1 aromatic carbocycles. The summed E-state index contributed by atoms with van der Waals surface area (Å²) in [6.07, 6.45) is 1.01. The van der Waals surface area contributed by atoms with Crippen LogP contribution in [0.5, 0.6) is 5.75 Å². The summed E-state index contributed by atoms with van der Waals surface area (Å²) in [6, 6.07) is 7.84. The molecule has 0 unspecified atom stereocenters. The van der Waals surface area contributed by atoms with Gasteiger partial charge in [-0.1, -0.05) is 6.92 Å². The summed E-state index contributed by atoms with van der Waals surface area (Å²) < 4.78 is 52.8. The Hall–Kier alpha value is -3.92. The summed E-state index contributed by atoms with van der Waals surface area (Å²) in [6.45, 7) is 9.38. The first kappa shape index (κ1) is 33.4. The molecule has 1 aliphatic carbocycles. The van der Waals surface area contributed by atoms with Crippen molar-refractivity contribution in [1.29, 1.82) is 5.26 Å². The van der Waals surface area contributed by atoms with Gasteiger partial charge in [-0.05, 0) is 114 Å². The standard InChI is InChI=1S/C33H38F3N5O4S/c1-5-22-17-23(7-8-27(22)44-16-11-21-9-14-39(15-10-21)30(43)45-31(2,3)4)41-29(46)40(28(42)32(41)12-6-13-32)24-18-25(33(34,35)36)26(19-37)38-20-24/h7-8,17-18,20-21H,5-6,9-16H2,1-4H3. The van der Waals surface area contributed by atoms with E-state index in [2.05, 4.69) is 4.98 Å². The maximum atomic E-state index is 13.8. The van der Waals surface area contributed by atoms with Gasteiger partial charge in [-0.3, -0.25) is 9.69 Å². The Morgan fingerprint density at radius 3 is 2.41 bits per heavy atom. The molecule has 3 aliphatic rings. The molecule has 1 saturated carbocycles. The van der Waals surface area contributed by atoms with Crippen molar-refractivity contribution in [2.24, 2.45) is 5.92 Å². The van der Waals surface area contributed by atoms with E-state index in [0.29, 0.717) is 50.6 Å². The largest absolute Gasteiger partial charge is 0.493 e. The molecule has 0 bridgehead atoms. The van der Waals surface area contributed by atoms with Crippen LogP contribution in [0.3, 0.4) is 0 Å². The minimum Gasteiger partial charge on any atom is -0.493 e. The molecule has 3 fully saturated rings. The monoisotopic (exact) mass is 657 g/mol. The molecule has 0 N–H and O–H groups in total. The third kappa shape index (κ3) is 6.49. The van der Waals surface area contributed by atoms with Gasteiger partial charge >= 0.3 is 12.3 Å². The van der Waals surface area contributed by atoms with E-state index in [9.17, 15) is 22.8 Å². The fourth-order valence-corrected chi connectivity index (χ4v) is 6.75. The minimum absolute atomic E-state index is 0.0674. The molecule has 0 radical (unpaired) electrons. The smallest absolute Gasteiger partial charge is 0.419 e. The van der Waals surface area contributed by atoms with Crippen molar-refractivity contribution < 1.29 is 32.2 Å². The van der Waals surface area contributed by atoms with Crippen molar-refractivity contribution >= 4 is 40.7 Å². The molecule has 246 valence electrons. The highest BCUT2D eigenvalue weighted by Crippen LogP contribution is 2.48. The van der Waals surface area contributed by atoms with Gasteiger partial charge in [-0.25, -0.2) is 9.78 Å². The van der Waals surface area contributed by atoms with Crippen LogP contribution in [0.25, 0.3) is 0 Å². The lowest BCUT2D eigenvalue weighted by Crippen LogP contribution is -2.55. The van der Waals surface area contributed by atoms with E-state index >= 15 is 0 Å². The number of ether oxygens (including phenoxy) is 2. The molecule has 9 nitrogen and oxygen atoms in total. The molecule has 2 amide bonds. The zero-order valence-corrected chi connectivity index (χ0v) is 27.3.